The van der Waals surface area contributed by atoms with Crippen LogP contribution >= 0.6 is 0 Å². The van der Waals surface area contributed by atoms with Crippen molar-refractivity contribution in [2.45, 2.75) is 53.1 Å². The number of sulfonamides is 1. The van der Waals surface area contributed by atoms with Crippen molar-refractivity contribution < 1.29 is 17.9 Å². The van der Waals surface area contributed by atoms with E-state index in [1.165, 1.54) is 5.56 Å². The van der Waals surface area contributed by atoms with Gasteiger partial charge >= 0.3 is 0 Å². The summed E-state index contributed by atoms with van der Waals surface area (Å²) in [5.41, 5.74) is 3.77. The zero-order chi connectivity index (χ0) is 22.5. The van der Waals surface area contributed by atoms with Crippen LogP contribution in [0.3, 0.4) is 0 Å². The van der Waals surface area contributed by atoms with Gasteiger partial charge in [0.1, 0.15) is 11.8 Å². The number of anilines is 1. The second-order valence-corrected chi connectivity index (χ2v) is 9.33. The van der Waals surface area contributed by atoms with Crippen molar-refractivity contribution in [1.82, 2.24) is 5.32 Å². The minimum absolute atomic E-state index is 0.194. The Morgan fingerprint density at radius 2 is 1.70 bits per heavy atom. The molecule has 7 heteroatoms. The fourth-order valence-corrected chi connectivity index (χ4v) is 4.53. The van der Waals surface area contributed by atoms with Crippen molar-refractivity contribution in [2.24, 2.45) is 0 Å². The number of carbonyl (C=O) groups is 1. The summed E-state index contributed by atoms with van der Waals surface area (Å²) in [5.74, 6) is 0.298. The molecule has 2 aromatic carbocycles. The van der Waals surface area contributed by atoms with Crippen LogP contribution in [0.1, 0.15) is 49.9 Å². The van der Waals surface area contributed by atoms with E-state index in [9.17, 15) is 13.2 Å². The van der Waals surface area contributed by atoms with Gasteiger partial charge in [-0.2, -0.15) is 0 Å². The predicted octanol–water partition coefficient (Wildman–Crippen LogP) is 4.12. The Morgan fingerprint density at radius 3 is 2.20 bits per heavy atom. The van der Waals surface area contributed by atoms with E-state index in [0.29, 0.717) is 24.5 Å². The van der Waals surface area contributed by atoms with Crippen molar-refractivity contribution in [1.29, 1.82) is 0 Å². The maximum Gasteiger partial charge on any atom is 0.244 e. The van der Waals surface area contributed by atoms with E-state index in [-0.39, 0.29) is 11.9 Å². The minimum atomic E-state index is -3.68. The third-order valence-electron chi connectivity index (χ3n) is 5.15. The summed E-state index contributed by atoms with van der Waals surface area (Å²) in [6.45, 7) is 10.1. The van der Waals surface area contributed by atoms with E-state index in [1.54, 1.807) is 31.2 Å². The highest BCUT2D eigenvalue weighted by atomic mass is 32.2. The minimum Gasteiger partial charge on any atom is -0.494 e. The van der Waals surface area contributed by atoms with Crippen LogP contribution in [0.25, 0.3) is 0 Å². The third-order valence-corrected chi connectivity index (χ3v) is 6.39. The fraction of sp³-hybridized carbons (Fsp3) is 0.435. The number of rotatable bonds is 9. The van der Waals surface area contributed by atoms with E-state index in [0.717, 1.165) is 21.7 Å². The molecule has 0 fully saturated rings. The second kappa shape index (κ2) is 9.98. The average Bonchev–Trinajstić information content (AvgIpc) is 2.68. The van der Waals surface area contributed by atoms with Crippen LogP contribution in [-0.4, -0.2) is 33.2 Å². The summed E-state index contributed by atoms with van der Waals surface area (Å²) >= 11 is 0. The lowest BCUT2D eigenvalue weighted by Gasteiger charge is -2.30. The number of ether oxygens (including phenoxy) is 1. The molecule has 2 unspecified atom stereocenters. The third kappa shape index (κ3) is 5.75. The highest BCUT2D eigenvalue weighted by Gasteiger charge is 2.30. The van der Waals surface area contributed by atoms with Crippen LogP contribution in [-0.2, 0) is 14.8 Å². The Morgan fingerprint density at radius 1 is 1.07 bits per heavy atom. The molecule has 1 N–H and O–H groups in total. The molecule has 0 aliphatic rings. The van der Waals surface area contributed by atoms with E-state index in [1.807, 2.05) is 39.8 Å². The van der Waals surface area contributed by atoms with Gasteiger partial charge in [-0.25, -0.2) is 8.42 Å². The van der Waals surface area contributed by atoms with Crippen LogP contribution in [0.2, 0.25) is 0 Å². The molecule has 2 rings (SSSR count). The lowest BCUT2D eigenvalue weighted by molar-refractivity contribution is -0.122. The molecule has 30 heavy (non-hydrogen) atoms. The summed E-state index contributed by atoms with van der Waals surface area (Å²) in [7, 11) is -3.68. The largest absolute Gasteiger partial charge is 0.494 e. The molecule has 0 spiro atoms. The Kier molecular flexibility index (Phi) is 7.89. The Bertz CT molecular complexity index is 971. The number of aryl methyl sites for hydroxylation is 2. The van der Waals surface area contributed by atoms with Crippen molar-refractivity contribution in [3.05, 3.63) is 59.2 Å². The molecule has 0 radical (unpaired) electrons. The number of nitrogens with zero attached hydrogens (tertiary/aromatic N) is 1. The highest BCUT2D eigenvalue weighted by molar-refractivity contribution is 7.92. The van der Waals surface area contributed by atoms with Gasteiger partial charge in [0.25, 0.3) is 0 Å². The van der Waals surface area contributed by atoms with Gasteiger partial charge in [0, 0.05) is 0 Å². The highest BCUT2D eigenvalue weighted by Crippen LogP contribution is 2.25. The second-order valence-electron chi connectivity index (χ2n) is 7.47. The van der Waals surface area contributed by atoms with Gasteiger partial charge in [-0.3, -0.25) is 9.10 Å². The Labute approximate surface area is 180 Å². The molecule has 2 aromatic rings. The van der Waals surface area contributed by atoms with E-state index in [4.69, 9.17) is 4.74 Å². The molecule has 0 aromatic heterocycles. The van der Waals surface area contributed by atoms with Crippen molar-refractivity contribution in [3.63, 3.8) is 0 Å². The first kappa shape index (κ1) is 23.7. The summed E-state index contributed by atoms with van der Waals surface area (Å²) in [6, 6.07) is 11.7. The summed E-state index contributed by atoms with van der Waals surface area (Å²) in [5, 5.41) is 3.01. The lowest BCUT2D eigenvalue weighted by atomic mass is 9.99. The lowest BCUT2D eigenvalue weighted by Crippen LogP contribution is -2.48. The number of amides is 1. The van der Waals surface area contributed by atoms with Gasteiger partial charge in [0.05, 0.1) is 24.6 Å². The summed E-state index contributed by atoms with van der Waals surface area (Å²) < 4.78 is 31.6. The van der Waals surface area contributed by atoms with Crippen LogP contribution in [0, 0.1) is 13.8 Å². The van der Waals surface area contributed by atoms with Crippen LogP contribution < -0.4 is 14.4 Å². The standard InChI is InChI=1S/C23H32N2O4S/c1-7-22(19-10-9-16(3)17(4)15-19)24-23(26)18(5)25(30(6,27)28)20-11-13-21(14-12-20)29-8-2/h9-15,18,22H,7-8H2,1-6H3,(H,24,26). The quantitative estimate of drug-likeness (QED) is 0.647. The normalized spacial score (nSPS) is 13.4. The molecular formula is C23H32N2O4S. The van der Waals surface area contributed by atoms with Crippen molar-refractivity contribution in [3.8, 4) is 5.75 Å². The van der Waals surface area contributed by atoms with Gasteiger partial charge in [-0.05, 0) is 75.1 Å². The average molecular weight is 433 g/mol. The van der Waals surface area contributed by atoms with Crippen LogP contribution in [0.15, 0.2) is 42.5 Å². The van der Waals surface area contributed by atoms with Crippen LogP contribution in [0.4, 0.5) is 5.69 Å². The first-order valence-corrected chi connectivity index (χ1v) is 12.0. The molecule has 0 saturated heterocycles. The molecule has 6 nitrogen and oxygen atoms in total. The Balaban J connectivity index is 2.27. The van der Waals surface area contributed by atoms with E-state index >= 15 is 0 Å². The van der Waals surface area contributed by atoms with Gasteiger partial charge < -0.3 is 10.1 Å². The predicted molar refractivity (Wildman–Crippen MR) is 121 cm³/mol. The molecule has 0 bridgehead atoms. The number of hydrogen-bond acceptors (Lipinski definition) is 4. The van der Waals surface area contributed by atoms with Gasteiger partial charge in [-0.1, -0.05) is 25.1 Å². The molecule has 1 amide bonds. The zero-order valence-corrected chi connectivity index (χ0v) is 19.4. The van der Waals surface area contributed by atoms with Crippen molar-refractivity contribution in [2.75, 3.05) is 17.2 Å². The Hall–Kier alpha value is -2.54. The van der Waals surface area contributed by atoms with Gasteiger partial charge in [-0.15, -0.1) is 0 Å². The van der Waals surface area contributed by atoms with Gasteiger partial charge in [0.2, 0.25) is 15.9 Å². The summed E-state index contributed by atoms with van der Waals surface area (Å²) in [4.78, 5) is 13.0. The first-order chi connectivity index (χ1) is 14.1. The molecule has 2 atom stereocenters. The number of benzene rings is 2. The molecular weight excluding hydrogens is 400 g/mol. The molecule has 0 saturated carbocycles. The first-order valence-electron chi connectivity index (χ1n) is 10.2. The van der Waals surface area contributed by atoms with E-state index < -0.39 is 16.1 Å². The molecule has 0 aliphatic carbocycles. The topological polar surface area (TPSA) is 75.7 Å². The number of hydrogen-bond donors (Lipinski definition) is 1. The SMILES string of the molecule is CCOc1ccc(N(C(C)C(=O)NC(CC)c2ccc(C)c(C)c2)S(C)(=O)=O)cc1. The van der Waals surface area contributed by atoms with E-state index in [2.05, 4.69) is 11.4 Å². The monoisotopic (exact) mass is 432 g/mol. The molecule has 0 heterocycles. The number of carbonyl (C=O) groups excluding carboxylic acids is 1. The zero-order valence-electron chi connectivity index (χ0n) is 18.6. The number of nitrogens with one attached hydrogen (secondary N) is 1. The molecule has 164 valence electrons. The maximum absolute atomic E-state index is 13.0. The fourth-order valence-electron chi connectivity index (χ4n) is 3.36. The van der Waals surface area contributed by atoms with Crippen LogP contribution in [0.5, 0.6) is 5.75 Å². The molecule has 0 aliphatic heterocycles. The van der Waals surface area contributed by atoms with Crippen molar-refractivity contribution >= 4 is 21.6 Å². The van der Waals surface area contributed by atoms with Gasteiger partial charge in [0.15, 0.2) is 0 Å². The summed E-state index contributed by atoms with van der Waals surface area (Å²) in [6.07, 6.45) is 1.80. The maximum atomic E-state index is 13.0. The smallest absolute Gasteiger partial charge is 0.244 e.